The Bertz CT molecular complexity index is 1790. The molecule has 9 nitrogen and oxygen atoms in total. The van der Waals surface area contributed by atoms with Crippen molar-refractivity contribution < 1.29 is 36.3 Å². The lowest BCUT2D eigenvalue weighted by Gasteiger charge is -2.27. The van der Waals surface area contributed by atoms with Crippen molar-refractivity contribution in [2.45, 2.75) is 57.2 Å². The largest absolute Gasteiger partial charge is 0.489 e. The molecule has 0 spiro atoms. The van der Waals surface area contributed by atoms with E-state index in [1.165, 1.54) is 0 Å². The third-order valence-electron chi connectivity index (χ3n) is 7.59. The number of ketones is 1. The van der Waals surface area contributed by atoms with E-state index < -0.39 is 63.7 Å². The normalized spacial score (nSPS) is 12.9. The van der Waals surface area contributed by atoms with Crippen LogP contribution in [0.15, 0.2) is 115 Å². The molecule has 0 saturated carbocycles. The number of benzene rings is 4. The van der Waals surface area contributed by atoms with Crippen LogP contribution in [0.5, 0.6) is 5.75 Å². The molecule has 4 rings (SSSR count). The number of carbonyl (C=O) groups is 3. The van der Waals surface area contributed by atoms with Crippen LogP contribution < -0.4 is 20.1 Å². The van der Waals surface area contributed by atoms with Crippen LogP contribution in [0.4, 0.5) is 8.78 Å². The molecule has 0 aliphatic rings. The molecule has 12 heteroatoms. The first-order valence-electron chi connectivity index (χ1n) is 15.7. The van der Waals surface area contributed by atoms with Crippen LogP contribution >= 0.6 is 0 Å². The molecule has 0 aliphatic carbocycles. The fourth-order valence-corrected chi connectivity index (χ4v) is 6.39. The van der Waals surface area contributed by atoms with E-state index in [1.54, 1.807) is 98.8 Å². The molecule has 0 unspecified atom stereocenters. The maximum atomic E-state index is 15.5. The predicted molar refractivity (Wildman–Crippen MR) is 182 cm³/mol. The van der Waals surface area contributed by atoms with Crippen molar-refractivity contribution >= 4 is 27.6 Å². The molecular formula is C37H39F2N3O6S. The second-order valence-electron chi connectivity index (χ2n) is 11.9. The van der Waals surface area contributed by atoms with Gasteiger partial charge < -0.3 is 15.4 Å². The summed E-state index contributed by atoms with van der Waals surface area (Å²) >= 11 is 0. The minimum Gasteiger partial charge on any atom is -0.489 e. The second-order valence-corrected chi connectivity index (χ2v) is 13.6. The number of nitrogens with one attached hydrogen (secondary N) is 3. The summed E-state index contributed by atoms with van der Waals surface area (Å²) in [6, 6.07) is 29.1. The van der Waals surface area contributed by atoms with E-state index in [0.29, 0.717) is 29.0 Å². The van der Waals surface area contributed by atoms with Gasteiger partial charge in [0.05, 0.1) is 11.8 Å². The standard InChI is InChI=1S/C37H39F2N3O6S/c1-26(2)33(42-49(46,47)25-30-16-10-5-11-17-30)35(44)41-32(34(43)37(38,39)36(45)40-23-28-12-6-3-7-13-28)22-27-18-20-31(21-19-27)48-24-29-14-8-4-9-15-29/h3-21,26,32-33,42H,22-25H2,1-2H3,(H,40,45)(H,41,44)/t32-,33-/m0/s1. The molecule has 4 aromatic rings. The van der Waals surface area contributed by atoms with Gasteiger partial charge in [0, 0.05) is 13.0 Å². The molecule has 258 valence electrons. The topological polar surface area (TPSA) is 131 Å². The summed E-state index contributed by atoms with van der Waals surface area (Å²) in [4.78, 5) is 39.6. The highest BCUT2D eigenvalue weighted by atomic mass is 32.2. The Hall–Kier alpha value is -4.94. The van der Waals surface area contributed by atoms with Gasteiger partial charge in [-0.05, 0) is 40.3 Å². The van der Waals surface area contributed by atoms with E-state index >= 15 is 8.78 Å². The monoisotopic (exact) mass is 691 g/mol. The van der Waals surface area contributed by atoms with Gasteiger partial charge in [-0.25, -0.2) is 13.1 Å². The van der Waals surface area contributed by atoms with E-state index in [2.05, 4.69) is 15.4 Å². The van der Waals surface area contributed by atoms with Gasteiger partial charge in [-0.3, -0.25) is 14.4 Å². The lowest BCUT2D eigenvalue weighted by molar-refractivity contribution is -0.160. The SMILES string of the molecule is CC(C)[C@H](NS(=O)(=O)Cc1ccccc1)C(=O)N[C@@H](Cc1ccc(OCc2ccccc2)cc1)C(=O)C(F)(F)C(=O)NCc1ccccc1. The fourth-order valence-electron chi connectivity index (χ4n) is 4.91. The van der Waals surface area contributed by atoms with Crippen LogP contribution in [0.1, 0.15) is 36.1 Å². The van der Waals surface area contributed by atoms with Gasteiger partial charge in [-0.15, -0.1) is 0 Å². The van der Waals surface area contributed by atoms with Crippen LogP contribution in [0.2, 0.25) is 0 Å². The summed E-state index contributed by atoms with van der Waals surface area (Å²) in [7, 11) is -4.07. The molecule has 49 heavy (non-hydrogen) atoms. The zero-order valence-electron chi connectivity index (χ0n) is 27.1. The van der Waals surface area contributed by atoms with Crippen LogP contribution in [-0.4, -0.2) is 44.0 Å². The number of carbonyl (C=O) groups excluding carboxylic acids is 3. The highest BCUT2D eigenvalue weighted by Crippen LogP contribution is 2.22. The lowest BCUT2D eigenvalue weighted by Crippen LogP contribution is -2.59. The van der Waals surface area contributed by atoms with Gasteiger partial charge in [-0.1, -0.05) is 117 Å². The highest BCUT2D eigenvalue weighted by molar-refractivity contribution is 7.88. The van der Waals surface area contributed by atoms with E-state index in [-0.39, 0.29) is 6.54 Å². The first-order chi connectivity index (χ1) is 23.3. The van der Waals surface area contributed by atoms with E-state index in [1.807, 2.05) is 30.3 Å². The number of ether oxygens (including phenoxy) is 1. The third kappa shape index (κ3) is 11.0. The number of sulfonamides is 1. The Morgan fingerprint density at radius 3 is 1.82 bits per heavy atom. The smallest absolute Gasteiger partial charge is 0.383 e. The summed E-state index contributed by atoms with van der Waals surface area (Å²) in [6.07, 6.45) is -0.410. The number of halogens is 2. The molecule has 0 heterocycles. The predicted octanol–water partition coefficient (Wildman–Crippen LogP) is 4.96. The maximum absolute atomic E-state index is 15.5. The zero-order chi connectivity index (χ0) is 35.4. The number of rotatable bonds is 17. The number of alkyl halides is 2. The van der Waals surface area contributed by atoms with Crippen molar-refractivity contribution in [3.63, 3.8) is 0 Å². The molecule has 0 radical (unpaired) electrons. The van der Waals surface area contributed by atoms with Gasteiger partial charge in [-0.2, -0.15) is 8.78 Å². The summed E-state index contributed by atoms with van der Waals surface area (Å²) in [5, 5.41) is 4.41. The molecule has 0 bridgehead atoms. The molecule has 0 fully saturated rings. The van der Waals surface area contributed by atoms with Crippen LogP contribution in [0.25, 0.3) is 0 Å². The van der Waals surface area contributed by atoms with Gasteiger partial charge in [0.1, 0.15) is 18.4 Å². The Kier molecular flexibility index (Phi) is 12.8. The van der Waals surface area contributed by atoms with Gasteiger partial charge in [0.2, 0.25) is 21.7 Å². The Balaban J connectivity index is 1.53. The Morgan fingerprint density at radius 1 is 0.735 bits per heavy atom. The molecule has 3 N–H and O–H groups in total. The Labute approximate surface area is 285 Å². The summed E-state index contributed by atoms with van der Waals surface area (Å²) < 4.78 is 65.1. The Morgan fingerprint density at radius 2 is 1.27 bits per heavy atom. The summed E-state index contributed by atoms with van der Waals surface area (Å²) in [5.41, 5.74) is 2.34. The minimum absolute atomic E-state index is 0.247. The third-order valence-corrected chi connectivity index (χ3v) is 8.92. The van der Waals surface area contributed by atoms with Gasteiger partial charge in [0.15, 0.2) is 0 Å². The average Bonchev–Trinajstić information content (AvgIpc) is 3.09. The van der Waals surface area contributed by atoms with Crippen LogP contribution in [0, 0.1) is 5.92 Å². The molecule has 4 aromatic carbocycles. The van der Waals surface area contributed by atoms with Crippen molar-refractivity contribution in [1.29, 1.82) is 0 Å². The molecule has 0 saturated heterocycles. The number of amides is 2. The highest BCUT2D eigenvalue weighted by Gasteiger charge is 2.50. The summed E-state index contributed by atoms with van der Waals surface area (Å²) in [5.74, 6) is -9.75. The molecule has 0 aromatic heterocycles. The molecular weight excluding hydrogens is 652 g/mol. The zero-order valence-corrected chi connectivity index (χ0v) is 28.0. The number of Topliss-reactive ketones (excluding diaryl/α,β-unsaturated/α-hetero) is 1. The van der Waals surface area contributed by atoms with Crippen molar-refractivity contribution in [1.82, 2.24) is 15.4 Å². The van der Waals surface area contributed by atoms with E-state index in [0.717, 1.165) is 5.56 Å². The molecule has 2 atom stereocenters. The first-order valence-corrected chi connectivity index (χ1v) is 17.3. The quantitative estimate of drug-likeness (QED) is 0.134. The second kappa shape index (κ2) is 16.9. The molecule has 0 aliphatic heterocycles. The molecule has 2 amide bonds. The van der Waals surface area contributed by atoms with Crippen LogP contribution in [0.3, 0.4) is 0 Å². The van der Waals surface area contributed by atoms with Crippen molar-refractivity contribution in [3.8, 4) is 5.75 Å². The van der Waals surface area contributed by atoms with Gasteiger partial charge in [0.25, 0.3) is 5.91 Å². The minimum atomic E-state index is -4.52. The van der Waals surface area contributed by atoms with Crippen LogP contribution in [-0.2, 0) is 49.7 Å². The number of hydrogen-bond donors (Lipinski definition) is 3. The van der Waals surface area contributed by atoms with Crippen molar-refractivity contribution in [3.05, 3.63) is 138 Å². The first kappa shape index (κ1) is 36.9. The van der Waals surface area contributed by atoms with Crippen molar-refractivity contribution in [2.24, 2.45) is 5.92 Å². The number of hydrogen-bond acceptors (Lipinski definition) is 6. The fraction of sp³-hybridized carbons (Fsp3) is 0.270. The van der Waals surface area contributed by atoms with Crippen molar-refractivity contribution in [2.75, 3.05) is 0 Å². The van der Waals surface area contributed by atoms with Gasteiger partial charge >= 0.3 is 5.92 Å². The average molecular weight is 692 g/mol. The summed E-state index contributed by atoms with van der Waals surface area (Å²) in [6.45, 7) is 3.19. The van der Waals surface area contributed by atoms with E-state index in [9.17, 15) is 22.8 Å². The lowest BCUT2D eigenvalue weighted by atomic mass is 9.96. The maximum Gasteiger partial charge on any atom is 0.383 e. The van der Waals surface area contributed by atoms with E-state index in [4.69, 9.17) is 4.74 Å².